The molecular formula is C15H25N3OS. The summed E-state index contributed by atoms with van der Waals surface area (Å²) in [5.74, 6) is 0.878. The van der Waals surface area contributed by atoms with Gasteiger partial charge in [0.25, 0.3) is 0 Å². The summed E-state index contributed by atoms with van der Waals surface area (Å²) in [5.41, 5.74) is 7.84. The van der Waals surface area contributed by atoms with Crippen LogP contribution in [0.1, 0.15) is 37.8 Å². The first-order chi connectivity index (χ1) is 9.56. The van der Waals surface area contributed by atoms with Crippen LogP contribution in [0.5, 0.6) is 0 Å². The summed E-state index contributed by atoms with van der Waals surface area (Å²) in [4.78, 5) is 7.20. The number of aromatic nitrogens is 1. The molecule has 5 heteroatoms. The quantitative estimate of drug-likeness (QED) is 0.747. The lowest BCUT2D eigenvalue weighted by Crippen LogP contribution is -2.39. The van der Waals surface area contributed by atoms with Gasteiger partial charge in [0.15, 0.2) is 0 Å². The van der Waals surface area contributed by atoms with Gasteiger partial charge in [-0.3, -0.25) is 0 Å². The van der Waals surface area contributed by atoms with Crippen molar-refractivity contribution in [2.24, 2.45) is 5.73 Å². The zero-order valence-electron chi connectivity index (χ0n) is 12.8. The fourth-order valence-electron chi connectivity index (χ4n) is 2.45. The average molecular weight is 295 g/mol. The number of pyridine rings is 1. The molecule has 1 aromatic rings. The first-order valence-electron chi connectivity index (χ1n) is 7.07. The lowest BCUT2D eigenvalue weighted by molar-refractivity contribution is 0.202. The second-order valence-electron chi connectivity index (χ2n) is 4.85. The first-order valence-corrected chi connectivity index (χ1v) is 7.48. The molecule has 112 valence electrons. The minimum absolute atomic E-state index is 0.402. The zero-order valence-corrected chi connectivity index (χ0v) is 13.7. The molecule has 0 unspecified atom stereocenters. The summed E-state index contributed by atoms with van der Waals surface area (Å²) in [6, 6.07) is 2.35. The molecule has 0 spiro atoms. The van der Waals surface area contributed by atoms with Crippen LogP contribution in [0.3, 0.4) is 0 Å². The van der Waals surface area contributed by atoms with E-state index in [1.54, 1.807) is 7.11 Å². The Morgan fingerprint density at radius 3 is 2.60 bits per heavy atom. The Kier molecular flexibility index (Phi) is 6.88. The van der Waals surface area contributed by atoms with E-state index in [4.69, 9.17) is 22.7 Å². The number of hydrogen-bond donors (Lipinski definition) is 1. The van der Waals surface area contributed by atoms with E-state index in [-0.39, 0.29) is 0 Å². The van der Waals surface area contributed by atoms with Crippen LogP contribution in [0.2, 0.25) is 0 Å². The molecule has 0 saturated carbocycles. The maximum absolute atomic E-state index is 5.90. The zero-order chi connectivity index (χ0) is 15.1. The fraction of sp³-hybridized carbons (Fsp3) is 0.600. The molecule has 0 bridgehead atoms. The van der Waals surface area contributed by atoms with E-state index in [1.807, 2.05) is 19.2 Å². The van der Waals surface area contributed by atoms with Gasteiger partial charge in [-0.1, -0.05) is 26.1 Å². The van der Waals surface area contributed by atoms with Gasteiger partial charge in [0, 0.05) is 25.9 Å². The van der Waals surface area contributed by atoms with Gasteiger partial charge in [0.2, 0.25) is 0 Å². The molecule has 2 N–H and O–H groups in total. The predicted molar refractivity (Wildman–Crippen MR) is 88.5 cm³/mol. The van der Waals surface area contributed by atoms with Gasteiger partial charge in [-0.25, -0.2) is 4.98 Å². The number of rotatable bonds is 8. The standard InChI is InChI=1S/C15H25N3OS/c1-5-12(6-2)18(9-10-19-4)15-13(14(16)20)11(3)7-8-17-15/h7-8,12H,5-6,9-10H2,1-4H3,(H2,16,20). The molecule has 1 rings (SSSR count). The second-order valence-corrected chi connectivity index (χ2v) is 5.29. The van der Waals surface area contributed by atoms with E-state index in [0.29, 0.717) is 17.6 Å². The van der Waals surface area contributed by atoms with Crippen LogP contribution in [0.25, 0.3) is 0 Å². The molecule has 0 atom stereocenters. The molecule has 0 aliphatic heterocycles. The Bertz CT molecular complexity index is 447. The van der Waals surface area contributed by atoms with Crippen LogP contribution in [-0.4, -0.2) is 36.3 Å². The Labute approximate surface area is 127 Å². The monoisotopic (exact) mass is 295 g/mol. The van der Waals surface area contributed by atoms with Gasteiger partial charge >= 0.3 is 0 Å². The van der Waals surface area contributed by atoms with Crippen molar-refractivity contribution in [1.29, 1.82) is 0 Å². The molecule has 0 aliphatic carbocycles. The van der Waals surface area contributed by atoms with Gasteiger partial charge in [0.1, 0.15) is 10.8 Å². The van der Waals surface area contributed by atoms with Gasteiger partial charge < -0.3 is 15.4 Å². The van der Waals surface area contributed by atoms with Crippen molar-refractivity contribution in [3.63, 3.8) is 0 Å². The van der Waals surface area contributed by atoms with Crippen LogP contribution in [-0.2, 0) is 4.74 Å². The highest BCUT2D eigenvalue weighted by Gasteiger charge is 2.21. The largest absolute Gasteiger partial charge is 0.389 e. The summed E-state index contributed by atoms with van der Waals surface area (Å²) >= 11 is 5.21. The lowest BCUT2D eigenvalue weighted by atomic mass is 10.1. The summed E-state index contributed by atoms with van der Waals surface area (Å²) < 4.78 is 5.23. The highest BCUT2D eigenvalue weighted by Crippen LogP contribution is 2.24. The Hall–Kier alpha value is -1.20. The van der Waals surface area contributed by atoms with E-state index in [0.717, 1.165) is 36.3 Å². The molecule has 0 aromatic carbocycles. The molecule has 4 nitrogen and oxygen atoms in total. The maximum atomic E-state index is 5.90. The van der Waals surface area contributed by atoms with Crippen LogP contribution in [0, 0.1) is 6.92 Å². The van der Waals surface area contributed by atoms with Gasteiger partial charge in [-0.2, -0.15) is 0 Å². The Morgan fingerprint density at radius 2 is 2.10 bits per heavy atom. The number of ether oxygens (including phenoxy) is 1. The van der Waals surface area contributed by atoms with Crippen molar-refractivity contribution in [2.75, 3.05) is 25.2 Å². The maximum Gasteiger partial charge on any atom is 0.139 e. The molecule has 0 radical (unpaired) electrons. The van der Waals surface area contributed by atoms with Crippen LogP contribution >= 0.6 is 12.2 Å². The van der Waals surface area contributed by atoms with E-state index >= 15 is 0 Å². The normalized spacial score (nSPS) is 10.8. The number of aryl methyl sites for hydroxylation is 1. The predicted octanol–water partition coefficient (Wildman–Crippen LogP) is 2.67. The van der Waals surface area contributed by atoms with Crippen molar-refractivity contribution >= 4 is 23.0 Å². The van der Waals surface area contributed by atoms with Gasteiger partial charge in [0.05, 0.1) is 12.2 Å². The van der Waals surface area contributed by atoms with Gasteiger partial charge in [-0.05, 0) is 31.4 Å². The SMILES string of the molecule is CCC(CC)N(CCOC)c1nccc(C)c1C(N)=S. The molecule has 1 aromatic heterocycles. The number of hydrogen-bond acceptors (Lipinski definition) is 4. The van der Waals surface area contributed by atoms with Crippen LogP contribution in [0.4, 0.5) is 5.82 Å². The van der Waals surface area contributed by atoms with E-state index < -0.39 is 0 Å². The fourth-order valence-corrected chi connectivity index (χ4v) is 2.70. The number of nitrogens with two attached hydrogens (primary N) is 1. The van der Waals surface area contributed by atoms with Crippen LogP contribution in [0.15, 0.2) is 12.3 Å². The smallest absolute Gasteiger partial charge is 0.139 e. The summed E-state index contributed by atoms with van der Waals surface area (Å²) in [5, 5.41) is 0. The third-order valence-electron chi connectivity index (χ3n) is 3.58. The van der Waals surface area contributed by atoms with E-state index in [1.165, 1.54) is 0 Å². The highest BCUT2D eigenvalue weighted by molar-refractivity contribution is 7.80. The first kappa shape index (κ1) is 16.9. The number of thiocarbonyl (C=S) groups is 1. The van der Waals surface area contributed by atoms with Gasteiger partial charge in [-0.15, -0.1) is 0 Å². The number of methoxy groups -OCH3 is 1. The summed E-state index contributed by atoms with van der Waals surface area (Å²) in [6.07, 6.45) is 3.91. The van der Waals surface area contributed by atoms with Crippen molar-refractivity contribution in [3.05, 3.63) is 23.4 Å². The second kappa shape index (κ2) is 8.17. The average Bonchev–Trinajstić information content (AvgIpc) is 2.42. The highest BCUT2D eigenvalue weighted by atomic mass is 32.1. The molecule has 0 aliphatic rings. The molecule has 0 amide bonds. The minimum atomic E-state index is 0.402. The minimum Gasteiger partial charge on any atom is -0.389 e. The molecule has 20 heavy (non-hydrogen) atoms. The van der Waals surface area contributed by atoms with Crippen molar-refractivity contribution in [1.82, 2.24) is 4.98 Å². The summed E-state index contributed by atoms with van der Waals surface area (Å²) in [7, 11) is 1.71. The summed E-state index contributed by atoms with van der Waals surface area (Å²) in [6.45, 7) is 7.83. The number of nitrogens with zero attached hydrogens (tertiary/aromatic N) is 2. The van der Waals surface area contributed by atoms with Crippen LogP contribution < -0.4 is 10.6 Å². The van der Waals surface area contributed by atoms with Crippen molar-refractivity contribution < 1.29 is 4.74 Å². The molecule has 0 fully saturated rings. The Balaban J connectivity index is 3.25. The molecule has 0 saturated heterocycles. The van der Waals surface area contributed by atoms with Crippen molar-refractivity contribution in [2.45, 2.75) is 39.7 Å². The Morgan fingerprint density at radius 1 is 1.45 bits per heavy atom. The molecular weight excluding hydrogens is 270 g/mol. The van der Waals surface area contributed by atoms with Crippen molar-refractivity contribution in [3.8, 4) is 0 Å². The topological polar surface area (TPSA) is 51.4 Å². The number of anilines is 1. The van der Waals surface area contributed by atoms with E-state index in [9.17, 15) is 0 Å². The van der Waals surface area contributed by atoms with E-state index in [2.05, 4.69) is 23.7 Å². The molecule has 1 heterocycles. The third-order valence-corrected chi connectivity index (χ3v) is 3.78. The lowest BCUT2D eigenvalue weighted by Gasteiger charge is -2.33. The third kappa shape index (κ3) is 3.90.